The maximum atomic E-state index is 12.9. The topological polar surface area (TPSA) is 130 Å². The predicted octanol–water partition coefficient (Wildman–Crippen LogP) is 4.10. The molecule has 2 aromatic rings. The third-order valence-corrected chi connectivity index (χ3v) is 5.09. The first-order chi connectivity index (χ1) is 15.2. The van der Waals surface area contributed by atoms with E-state index in [1.807, 2.05) is 35.7 Å². The third kappa shape index (κ3) is 9.03. The van der Waals surface area contributed by atoms with Crippen molar-refractivity contribution < 1.29 is 24.3 Å². The molecule has 0 saturated carbocycles. The molecule has 4 N–H and O–H groups in total. The number of benzene rings is 1. The highest BCUT2D eigenvalue weighted by molar-refractivity contribution is 7.14. The number of anilines is 1. The summed E-state index contributed by atoms with van der Waals surface area (Å²) < 4.78 is 5.28. The standard InChI is InChI=1S/C22H30N4O5S/c1-22(2,3)31-21(29)24-16(12-8-5-9-13-18(27)26-30)19(28)25-20-23-17(14-32-20)15-10-6-4-7-11-15/h4,6-7,10-11,14,16,30H,5,8-9,12-13H2,1-3H3,(H,24,29)(H,26,27)(H,23,25,28). The lowest BCUT2D eigenvalue weighted by Gasteiger charge is -2.23. The van der Waals surface area contributed by atoms with Gasteiger partial charge in [0, 0.05) is 17.4 Å². The summed E-state index contributed by atoms with van der Waals surface area (Å²) in [5.41, 5.74) is 2.60. The van der Waals surface area contributed by atoms with E-state index < -0.39 is 29.6 Å². The number of rotatable bonds is 10. The molecule has 0 aliphatic rings. The molecule has 1 aromatic carbocycles. The second kappa shape index (κ2) is 12.2. The molecule has 1 aromatic heterocycles. The summed E-state index contributed by atoms with van der Waals surface area (Å²) in [5, 5.41) is 16.2. The summed E-state index contributed by atoms with van der Waals surface area (Å²) >= 11 is 1.30. The van der Waals surface area contributed by atoms with Gasteiger partial charge in [-0.15, -0.1) is 11.3 Å². The number of ether oxygens (including phenoxy) is 1. The van der Waals surface area contributed by atoms with E-state index in [2.05, 4.69) is 15.6 Å². The number of carbonyl (C=O) groups is 3. The van der Waals surface area contributed by atoms with Gasteiger partial charge < -0.3 is 15.4 Å². The lowest BCUT2D eigenvalue weighted by Crippen LogP contribution is -2.45. The Labute approximate surface area is 191 Å². The first kappa shape index (κ1) is 25.3. The van der Waals surface area contributed by atoms with Gasteiger partial charge in [-0.2, -0.15) is 0 Å². The summed E-state index contributed by atoms with van der Waals surface area (Å²) in [6.45, 7) is 5.23. The quantitative estimate of drug-likeness (QED) is 0.239. The number of aromatic nitrogens is 1. The Morgan fingerprint density at radius 3 is 2.50 bits per heavy atom. The van der Waals surface area contributed by atoms with Gasteiger partial charge in [0.05, 0.1) is 5.69 Å². The van der Waals surface area contributed by atoms with Crippen LogP contribution in [0.5, 0.6) is 0 Å². The number of hydrogen-bond acceptors (Lipinski definition) is 7. The van der Waals surface area contributed by atoms with E-state index in [1.165, 1.54) is 11.3 Å². The Kier molecular flexibility index (Phi) is 9.61. The molecule has 0 fully saturated rings. The second-order valence-corrected chi connectivity index (χ2v) is 9.08. The van der Waals surface area contributed by atoms with Crippen molar-refractivity contribution in [3.63, 3.8) is 0 Å². The fraction of sp³-hybridized carbons (Fsp3) is 0.455. The molecular formula is C22H30N4O5S. The monoisotopic (exact) mass is 462 g/mol. The fourth-order valence-corrected chi connectivity index (χ4v) is 3.57. The summed E-state index contributed by atoms with van der Waals surface area (Å²) in [5.74, 6) is -0.845. The highest BCUT2D eigenvalue weighted by Gasteiger charge is 2.25. The SMILES string of the molecule is CC(C)(C)OC(=O)NC(CCCCCC(=O)NO)C(=O)Nc1nc(-c2ccccc2)cs1. The van der Waals surface area contributed by atoms with Crippen molar-refractivity contribution in [3.8, 4) is 11.3 Å². The predicted molar refractivity (Wildman–Crippen MR) is 122 cm³/mol. The molecule has 9 nitrogen and oxygen atoms in total. The molecule has 0 saturated heterocycles. The van der Waals surface area contributed by atoms with Gasteiger partial charge >= 0.3 is 6.09 Å². The molecule has 0 bridgehead atoms. The number of amides is 3. The third-order valence-electron chi connectivity index (χ3n) is 4.33. The first-order valence-electron chi connectivity index (χ1n) is 10.4. The van der Waals surface area contributed by atoms with Crippen LogP contribution in [0, 0.1) is 0 Å². The molecule has 3 amide bonds. The second-order valence-electron chi connectivity index (χ2n) is 8.23. The van der Waals surface area contributed by atoms with Gasteiger partial charge in [-0.05, 0) is 33.6 Å². The lowest BCUT2D eigenvalue weighted by molar-refractivity contribution is -0.129. The van der Waals surface area contributed by atoms with Crippen molar-refractivity contribution in [1.29, 1.82) is 0 Å². The van der Waals surface area contributed by atoms with Crippen LogP contribution in [0.4, 0.5) is 9.93 Å². The minimum Gasteiger partial charge on any atom is -0.444 e. The number of thiazole rings is 1. The largest absolute Gasteiger partial charge is 0.444 e. The van der Waals surface area contributed by atoms with Crippen LogP contribution in [0.15, 0.2) is 35.7 Å². The molecule has 0 radical (unpaired) electrons. The van der Waals surface area contributed by atoms with Crippen molar-refractivity contribution in [1.82, 2.24) is 15.8 Å². The molecule has 0 aliphatic heterocycles. The summed E-state index contributed by atoms with van der Waals surface area (Å²) in [4.78, 5) is 40.6. The van der Waals surface area contributed by atoms with Crippen LogP contribution in [0.25, 0.3) is 11.3 Å². The summed E-state index contributed by atoms with van der Waals surface area (Å²) in [7, 11) is 0. The molecule has 32 heavy (non-hydrogen) atoms. The zero-order valence-electron chi connectivity index (χ0n) is 18.5. The van der Waals surface area contributed by atoms with Crippen molar-refractivity contribution in [2.45, 2.75) is 64.5 Å². The number of nitrogens with one attached hydrogen (secondary N) is 3. The van der Waals surface area contributed by atoms with E-state index in [9.17, 15) is 14.4 Å². The van der Waals surface area contributed by atoms with E-state index in [0.717, 1.165) is 11.3 Å². The number of carbonyl (C=O) groups excluding carboxylic acids is 3. The Balaban J connectivity index is 1.98. The van der Waals surface area contributed by atoms with Gasteiger partial charge in [-0.3, -0.25) is 14.8 Å². The van der Waals surface area contributed by atoms with Crippen LogP contribution >= 0.6 is 11.3 Å². The smallest absolute Gasteiger partial charge is 0.408 e. The maximum Gasteiger partial charge on any atom is 0.408 e. The van der Waals surface area contributed by atoms with E-state index in [1.54, 1.807) is 26.3 Å². The Morgan fingerprint density at radius 2 is 1.84 bits per heavy atom. The molecular weight excluding hydrogens is 432 g/mol. The lowest BCUT2D eigenvalue weighted by atomic mass is 10.1. The van der Waals surface area contributed by atoms with Crippen LogP contribution in [-0.2, 0) is 14.3 Å². The fourth-order valence-electron chi connectivity index (χ4n) is 2.85. The number of hydroxylamine groups is 1. The van der Waals surface area contributed by atoms with Crippen LogP contribution in [0.2, 0.25) is 0 Å². The average molecular weight is 463 g/mol. The molecule has 1 atom stereocenters. The van der Waals surface area contributed by atoms with Gasteiger partial charge in [-0.25, -0.2) is 15.3 Å². The minimum absolute atomic E-state index is 0.189. The minimum atomic E-state index is -0.819. The Bertz CT molecular complexity index is 895. The summed E-state index contributed by atoms with van der Waals surface area (Å²) in [6, 6.07) is 8.80. The van der Waals surface area contributed by atoms with Gasteiger partial charge in [0.25, 0.3) is 0 Å². The summed E-state index contributed by atoms with van der Waals surface area (Å²) in [6.07, 6.45) is 1.68. The zero-order chi connectivity index (χ0) is 23.6. The van der Waals surface area contributed by atoms with E-state index >= 15 is 0 Å². The first-order valence-corrected chi connectivity index (χ1v) is 11.3. The van der Waals surface area contributed by atoms with Crippen LogP contribution in [0.1, 0.15) is 52.9 Å². The van der Waals surface area contributed by atoms with Gasteiger partial charge in [0.1, 0.15) is 11.6 Å². The van der Waals surface area contributed by atoms with Crippen molar-refractivity contribution >= 4 is 34.4 Å². The molecule has 0 aliphatic carbocycles. The van der Waals surface area contributed by atoms with E-state index in [4.69, 9.17) is 9.94 Å². The highest BCUT2D eigenvalue weighted by Crippen LogP contribution is 2.25. The van der Waals surface area contributed by atoms with Crippen LogP contribution in [-0.4, -0.2) is 39.7 Å². The normalized spacial score (nSPS) is 12.0. The number of unbranched alkanes of at least 4 members (excludes halogenated alkanes) is 2. The van der Waals surface area contributed by atoms with Gasteiger partial charge in [0.15, 0.2) is 5.13 Å². The Morgan fingerprint density at radius 1 is 1.12 bits per heavy atom. The Hall–Kier alpha value is -2.98. The molecule has 1 heterocycles. The molecule has 2 rings (SSSR count). The number of hydrogen-bond donors (Lipinski definition) is 4. The van der Waals surface area contributed by atoms with Crippen molar-refractivity contribution in [2.24, 2.45) is 0 Å². The molecule has 0 spiro atoms. The van der Waals surface area contributed by atoms with Crippen LogP contribution in [0.3, 0.4) is 0 Å². The maximum absolute atomic E-state index is 12.9. The zero-order valence-corrected chi connectivity index (χ0v) is 19.3. The van der Waals surface area contributed by atoms with Gasteiger partial charge in [0.2, 0.25) is 11.8 Å². The number of alkyl carbamates (subject to hydrolysis) is 1. The van der Waals surface area contributed by atoms with Crippen molar-refractivity contribution in [2.75, 3.05) is 5.32 Å². The van der Waals surface area contributed by atoms with Gasteiger partial charge in [-0.1, -0.05) is 43.2 Å². The molecule has 174 valence electrons. The molecule has 1 unspecified atom stereocenters. The van der Waals surface area contributed by atoms with E-state index in [0.29, 0.717) is 30.8 Å². The van der Waals surface area contributed by atoms with Crippen LogP contribution < -0.4 is 16.1 Å². The van der Waals surface area contributed by atoms with Crippen molar-refractivity contribution in [3.05, 3.63) is 35.7 Å². The van der Waals surface area contributed by atoms with E-state index in [-0.39, 0.29) is 6.42 Å². The average Bonchev–Trinajstić information content (AvgIpc) is 3.20. The highest BCUT2D eigenvalue weighted by atomic mass is 32.1. The number of nitrogens with zero attached hydrogens (tertiary/aromatic N) is 1. The molecule has 10 heteroatoms.